The highest BCUT2D eigenvalue weighted by molar-refractivity contribution is 6.33. The summed E-state index contributed by atoms with van der Waals surface area (Å²) >= 11 is 5.94. The molecule has 0 heterocycles. The first kappa shape index (κ1) is 20.3. The van der Waals surface area contributed by atoms with Crippen LogP contribution >= 0.6 is 11.6 Å². The Labute approximate surface area is 161 Å². The number of carbonyl (C=O) groups is 3. The predicted octanol–water partition coefficient (Wildman–Crippen LogP) is 2.65. The lowest BCUT2D eigenvalue weighted by molar-refractivity contribution is -0.148. The van der Waals surface area contributed by atoms with E-state index in [1.807, 2.05) is 0 Å². The Balaban J connectivity index is 1.80. The van der Waals surface area contributed by atoms with E-state index in [0.29, 0.717) is 11.4 Å². The lowest BCUT2D eigenvalue weighted by Gasteiger charge is -2.14. The molecule has 2 amide bonds. The predicted molar refractivity (Wildman–Crippen MR) is 101 cm³/mol. The number of anilines is 1. The largest absolute Gasteiger partial charge is 0.497 e. The van der Waals surface area contributed by atoms with Gasteiger partial charge in [0.2, 0.25) is 0 Å². The van der Waals surface area contributed by atoms with Crippen molar-refractivity contribution in [1.29, 1.82) is 0 Å². The average Bonchev–Trinajstić information content (AvgIpc) is 2.66. The first-order valence-corrected chi connectivity index (χ1v) is 8.44. The van der Waals surface area contributed by atoms with Crippen LogP contribution in [0.1, 0.15) is 17.3 Å². The molecule has 0 spiro atoms. The molecule has 0 unspecified atom stereocenters. The summed E-state index contributed by atoms with van der Waals surface area (Å²) in [5.41, 5.74) is 0.785. The highest BCUT2D eigenvalue weighted by Gasteiger charge is 2.20. The molecule has 0 fully saturated rings. The van der Waals surface area contributed by atoms with Crippen molar-refractivity contribution >= 4 is 35.1 Å². The van der Waals surface area contributed by atoms with Gasteiger partial charge in [-0.3, -0.25) is 9.59 Å². The molecule has 8 heteroatoms. The second kappa shape index (κ2) is 9.59. The Bertz CT molecular complexity index is 823. The van der Waals surface area contributed by atoms with Crippen LogP contribution in [0.25, 0.3) is 0 Å². The lowest BCUT2D eigenvalue weighted by Crippen LogP contribution is -2.40. The van der Waals surface area contributed by atoms with Gasteiger partial charge < -0.3 is 20.1 Å². The molecule has 2 rings (SSSR count). The minimum atomic E-state index is -0.942. The molecule has 1 atom stereocenters. The van der Waals surface area contributed by atoms with Crippen LogP contribution in [0.2, 0.25) is 5.02 Å². The fraction of sp³-hybridized carbons (Fsp3) is 0.211. The van der Waals surface area contributed by atoms with Gasteiger partial charge in [-0.15, -0.1) is 0 Å². The van der Waals surface area contributed by atoms with E-state index in [4.69, 9.17) is 21.1 Å². The van der Waals surface area contributed by atoms with Gasteiger partial charge >= 0.3 is 5.97 Å². The highest BCUT2D eigenvalue weighted by atomic mass is 35.5. The van der Waals surface area contributed by atoms with Gasteiger partial charge in [-0.1, -0.05) is 23.7 Å². The number of hydrogen-bond donors (Lipinski definition) is 2. The molecule has 2 aromatic carbocycles. The minimum absolute atomic E-state index is 0.246. The molecule has 0 saturated carbocycles. The average molecular weight is 391 g/mol. The van der Waals surface area contributed by atoms with Crippen LogP contribution in [0, 0.1) is 0 Å². The Morgan fingerprint density at radius 2 is 1.74 bits per heavy atom. The summed E-state index contributed by atoms with van der Waals surface area (Å²) in [4.78, 5) is 35.9. The summed E-state index contributed by atoms with van der Waals surface area (Å²) in [6.45, 7) is 0.982. The molecule has 2 N–H and O–H groups in total. The number of benzene rings is 2. The number of halogens is 1. The van der Waals surface area contributed by atoms with Gasteiger partial charge in [-0.25, -0.2) is 4.79 Å². The fourth-order valence-corrected chi connectivity index (χ4v) is 2.33. The zero-order valence-corrected chi connectivity index (χ0v) is 15.6. The molecule has 0 radical (unpaired) electrons. The van der Waals surface area contributed by atoms with Crippen LogP contribution in [0.3, 0.4) is 0 Å². The van der Waals surface area contributed by atoms with Crippen molar-refractivity contribution in [2.24, 2.45) is 0 Å². The topological polar surface area (TPSA) is 93.7 Å². The van der Waals surface area contributed by atoms with E-state index < -0.39 is 30.4 Å². The number of esters is 1. The second-order valence-electron chi connectivity index (χ2n) is 5.56. The summed E-state index contributed by atoms with van der Waals surface area (Å²) in [7, 11) is 1.54. The molecule has 7 nitrogen and oxygen atoms in total. The third-order valence-electron chi connectivity index (χ3n) is 3.54. The first-order valence-electron chi connectivity index (χ1n) is 8.06. The number of carbonyl (C=O) groups excluding carboxylic acids is 3. The highest BCUT2D eigenvalue weighted by Crippen LogP contribution is 2.15. The minimum Gasteiger partial charge on any atom is -0.497 e. The van der Waals surface area contributed by atoms with E-state index >= 15 is 0 Å². The Morgan fingerprint density at radius 1 is 1.07 bits per heavy atom. The van der Waals surface area contributed by atoms with Crippen LogP contribution in [-0.2, 0) is 14.3 Å². The van der Waals surface area contributed by atoms with Crippen molar-refractivity contribution in [3.63, 3.8) is 0 Å². The van der Waals surface area contributed by atoms with E-state index in [9.17, 15) is 14.4 Å². The second-order valence-corrected chi connectivity index (χ2v) is 5.97. The number of amides is 2. The summed E-state index contributed by atoms with van der Waals surface area (Å²) in [5.74, 6) is -1.09. The van der Waals surface area contributed by atoms with Crippen LogP contribution in [0.4, 0.5) is 5.69 Å². The maximum absolute atomic E-state index is 12.1. The molecular weight excluding hydrogens is 372 g/mol. The van der Waals surface area contributed by atoms with Crippen LogP contribution in [0.5, 0.6) is 5.75 Å². The van der Waals surface area contributed by atoms with E-state index in [1.165, 1.54) is 13.0 Å². The molecule has 0 aliphatic carbocycles. The van der Waals surface area contributed by atoms with Crippen LogP contribution < -0.4 is 15.4 Å². The third-order valence-corrected chi connectivity index (χ3v) is 3.87. The van der Waals surface area contributed by atoms with Gasteiger partial charge in [0.05, 0.1) is 17.7 Å². The lowest BCUT2D eigenvalue weighted by atomic mass is 10.2. The molecule has 2 aromatic rings. The molecule has 0 saturated heterocycles. The normalized spacial score (nSPS) is 11.2. The van der Waals surface area contributed by atoms with E-state index in [0.717, 1.165) is 0 Å². The molecule has 0 aliphatic rings. The van der Waals surface area contributed by atoms with Crippen LogP contribution in [0.15, 0.2) is 48.5 Å². The first-order chi connectivity index (χ1) is 12.9. The van der Waals surface area contributed by atoms with Gasteiger partial charge in [-0.05, 0) is 43.3 Å². The molecule has 0 aromatic heterocycles. The van der Waals surface area contributed by atoms with Gasteiger partial charge in [0, 0.05) is 5.69 Å². The van der Waals surface area contributed by atoms with Gasteiger partial charge in [-0.2, -0.15) is 0 Å². The van der Waals surface area contributed by atoms with Gasteiger partial charge in [0.15, 0.2) is 6.61 Å². The number of ether oxygens (including phenoxy) is 2. The molecule has 142 valence electrons. The van der Waals surface area contributed by atoms with E-state index in [1.54, 1.807) is 49.6 Å². The van der Waals surface area contributed by atoms with Crippen molar-refractivity contribution in [1.82, 2.24) is 5.32 Å². The van der Waals surface area contributed by atoms with Crippen molar-refractivity contribution in [2.75, 3.05) is 19.0 Å². The standard InChI is InChI=1S/C19H19ClN2O5/c1-12(21-18(24)15-5-3-4-6-16(15)20)19(25)27-11-17(23)22-13-7-9-14(26-2)10-8-13/h3-10,12H,11H2,1-2H3,(H,21,24)(H,22,23)/t12-/m0/s1. The number of hydrogen-bond acceptors (Lipinski definition) is 5. The molecule has 0 aliphatic heterocycles. The van der Waals surface area contributed by atoms with Crippen molar-refractivity contribution < 1.29 is 23.9 Å². The van der Waals surface area contributed by atoms with Crippen molar-refractivity contribution in [3.05, 3.63) is 59.1 Å². The molecule has 27 heavy (non-hydrogen) atoms. The molecular formula is C19H19ClN2O5. The zero-order chi connectivity index (χ0) is 19.8. The van der Waals surface area contributed by atoms with E-state index in [2.05, 4.69) is 10.6 Å². The summed E-state index contributed by atoms with van der Waals surface area (Å²) in [5, 5.41) is 5.34. The Morgan fingerprint density at radius 3 is 2.37 bits per heavy atom. The fourth-order valence-electron chi connectivity index (χ4n) is 2.11. The van der Waals surface area contributed by atoms with Crippen molar-refractivity contribution in [2.45, 2.75) is 13.0 Å². The third kappa shape index (κ3) is 6.00. The number of nitrogens with one attached hydrogen (secondary N) is 2. The zero-order valence-electron chi connectivity index (χ0n) is 14.8. The summed E-state index contributed by atoms with van der Waals surface area (Å²) < 4.78 is 9.95. The maximum Gasteiger partial charge on any atom is 0.328 e. The maximum atomic E-state index is 12.1. The van der Waals surface area contributed by atoms with Crippen LogP contribution in [-0.4, -0.2) is 37.5 Å². The Hall–Kier alpha value is -3.06. The van der Waals surface area contributed by atoms with E-state index in [-0.39, 0.29) is 10.6 Å². The summed E-state index contributed by atoms with van der Waals surface area (Å²) in [6.07, 6.45) is 0. The van der Waals surface area contributed by atoms with Gasteiger partial charge in [0.1, 0.15) is 11.8 Å². The number of rotatable bonds is 7. The smallest absolute Gasteiger partial charge is 0.328 e. The SMILES string of the molecule is COc1ccc(NC(=O)COC(=O)[C@H](C)NC(=O)c2ccccc2Cl)cc1. The molecule has 0 bridgehead atoms. The quantitative estimate of drug-likeness (QED) is 0.709. The van der Waals surface area contributed by atoms with Gasteiger partial charge in [0.25, 0.3) is 11.8 Å². The monoisotopic (exact) mass is 390 g/mol. The Kier molecular flexibility index (Phi) is 7.19. The number of methoxy groups -OCH3 is 1. The van der Waals surface area contributed by atoms with Crippen molar-refractivity contribution in [3.8, 4) is 5.75 Å². The summed E-state index contributed by atoms with van der Waals surface area (Å²) in [6, 6.07) is 12.2.